The minimum atomic E-state index is -0.500. The van der Waals surface area contributed by atoms with E-state index < -0.39 is 10.3 Å². The summed E-state index contributed by atoms with van der Waals surface area (Å²) in [6.45, 7) is 2.66. The lowest BCUT2D eigenvalue weighted by Gasteiger charge is -1.79. The molecule has 0 amide bonds. The van der Waals surface area contributed by atoms with Crippen LogP contribution in [0.2, 0.25) is 0 Å². The van der Waals surface area contributed by atoms with Crippen LogP contribution in [0, 0.1) is 0 Å². The summed E-state index contributed by atoms with van der Waals surface area (Å²) < 4.78 is 4.15. The molecule has 0 saturated carbocycles. The van der Waals surface area contributed by atoms with E-state index in [9.17, 15) is 4.79 Å². The maximum atomic E-state index is 9.18. The molecule has 0 aliphatic carbocycles. The van der Waals surface area contributed by atoms with Gasteiger partial charge in [-0.15, -0.1) is 0 Å². The van der Waals surface area contributed by atoms with Crippen LogP contribution < -0.4 is 11.5 Å². The number of nitrogens with two attached hydrogens (primary N) is 2. The molecule has 0 aromatic heterocycles. The number of carbonyl (C=O) groups is 1. The van der Waals surface area contributed by atoms with Crippen molar-refractivity contribution in [1.82, 2.24) is 0 Å². The van der Waals surface area contributed by atoms with E-state index in [0.717, 1.165) is 0 Å². The summed E-state index contributed by atoms with van der Waals surface area (Å²) in [5, 5.41) is 14.1. The molecule has 0 saturated heterocycles. The van der Waals surface area contributed by atoms with Crippen molar-refractivity contribution in [2.24, 2.45) is 11.5 Å². The van der Waals surface area contributed by atoms with Gasteiger partial charge in [-0.1, -0.05) is 36.4 Å². The zero-order valence-electron chi connectivity index (χ0n) is 10.4. The summed E-state index contributed by atoms with van der Waals surface area (Å²) >= 11 is 7.74. The molecule has 1 rings (SSSR count). The lowest BCUT2D eigenvalue weighted by Crippen LogP contribution is -2.03. The van der Waals surface area contributed by atoms with Crippen molar-refractivity contribution < 1.29 is 19.7 Å². The van der Waals surface area contributed by atoms with E-state index in [0.29, 0.717) is 13.1 Å². The number of rotatable bonds is 2. The molecule has 6 nitrogen and oxygen atoms in total. The summed E-state index contributed by atoms with van der Waals surface area (Å²) in [4.78, 5) is 9.18. The first kappa shape index (κ1) is 22.3. The minimum absolute atomic E-state index is 0.431. The van der Waals surface area contributed by atoms with Crippen molar-refractivity contribution in [3.05, 3.63) is 36.4 Å². The van der Waals surface area contributed by atoms with E-state index in [4.69, 9.17) is 10.2 Å². The zero-order valence-corrected chi connectivity index (χ0v) is 12.1. The molecule has 0 radical (unpaired) electrons. The molecule has 0 unspecified atom stereocenters. The number of carbonyl (C=O) groups excluding carboxylic acids is 1. The standard InChI is InChI=1S/C6H6.C3H6O2.2CH3NOS/c1-2-4-6-5-3-1;1-2-5-3-4;2*2-1(3)4/h1-6H;3H,2H2,1H3;2*(H3,2,3,4). The van der Waals surface area contributed by atoms with Crippen LogP contribution in [0.25, 0.3) is 0 Å². The predicted octanol–water partition coefficient (Wildman–Crippen LogP) is 1.44. The fourth-order valence-corrected chi connectivity index (χ4v) is 0.453. The maximum absolute atomic E-state index is 9.18. The third-order valence-corrected chi connectivity index (χ3v) is 0.901. The van der Waals surface area contributed by atoms with Crippen LogP contribution in [0.5, 0.6) is 0 Å². The molecular weight excluding hydrogens is 288 g/mol. The van der Waals surface area contributed by atoms with Gasteiger partial charge >= 0.3 is 0 Å². The maximum Gasteiger partial charge on any atom is 0.293 e. The summed E-state index contributed by atoms with van der Waals surface area (Å²) in [7, 11) is 0. The van der Waals surface area contributed by atoms with Gasteiger partial charge in [0.15, 0.2) is 0 Å². The molecule has 0 bridgehead atoms. The van der Waals surface area contributed by atoms with Gasteiger partial charge in [-0.25, -0.2) is 0 Å². The Labute approximate surface area is 123 Å². The highest BCUT2D eigenvalue weighted by Gasteiger charge is 1.61. The van der Waals surface area contributed by atoms with Crippen molar-refractivity contribution in [2.75, 3.05) is 6.61 Å². The van der Waals surface area contributed by atoms with Crippen molar-refractivity contribution in [3.63, 3.8) is 0 Å². The van der Waals surface area contributed by atoms with Crippen LogP contribution in [-0.4, -0.2) is 33.6 Å². The van der Waals surface area contributed by atoms with Gasteiger partial charge in [0.1, 0.15) is 0 Å². The Kier molecular flexibility index (Phi) is 25.0. The number of benzene rings is 1. The molecule has 6 N–H and O–H groups in total. The highest BCUT2D eigenvalue weighted by Crippen LogP contribution is 1.79. The summed E-state index contributed by atoms with van der Waals surface area (Å²) in [6.07, 6.45) is 0. The van der Waals surface area contributed by atoms with Gasteiger partial charge in [0, 0.05) is 0 Å². The number of hydrogen-bond donors (Lipinski definition) is 4. The summed E-state index contributed by atoms with van der Waals surface area (Å²) in [5.41, 5.74) is 8.80. The van der Waals surface area contributed by atoms with Crippen molar-refractivity contribution >= 4 is 41.3 Å². The van der Waals surface area contributed by atoms with Gasteiger partial charge in [-0.05, 0) is 31.4 Å². The lowest BCUT2D eigenvalue weighted by molar-refractivity contribution is -0.128. The average molecular weight is 306 g/mol. The predicted molar refractivity (Wildman–Crippen MR) is 83.0 cm³/mol. The van der Waals surface area contributed by atoms with E-state index >= 15 is 0 Å². The van der Waals surface area contributed by atoms with Gasteiger partial charge in [-0.2, -0.15) is 0 Å². The fraction of sp³-hybridized carbons (Fsp3) is 0.182. The largest absolute Gasteiger partial charge is 0.487 e. The third kappa shape index (κ3) is 86.3. The Morgan fingerprint density at radius 1 is 1.05 bits per heavy atom. The van der Waals surface area contributed by atoms with Crippen LogP contribution in [0.3, 0.4) is 0 Å². The second-order valence-corrected chi connectivity index (χ2v) is 3.22. The quantitative estimate of drug-likeness (QED) is 0.479. The first-order valence-electron chi connectivity index (χ1n) is 4.90. The van der Waals surface area contributed by atoms with E-state index in [1.807, 2.05) is 36.4 Å². The molecule has 1 aromatic rings. The van der Waals surface area contributed by atoms with Crippen LogP contribution >= 0.6 is 24.4 Å². The van der Waals surface area contributed by atoms with Crippen LogP contribution in [-0.2, 0) is 9.53 Å². The number of aliphatic hydroxyl groups excluding tert-OH is 2. The second-order valence-electron chi connectivity index (χ2n) is 2.38. The first-order chi connectivity index (χ1) is 8.88. The molecule has 0 fully saturated rings. The number of aliphatic hydroxyl groups is 2. The Balaban J connectivity index is -0.000000184. The molecule has 0 aliphatic heterocycles. The smallest absolute Gasteiger partial charge is 0.293 e. The van der Waals surface area contributed by atoms with Crippen molar-refractivity contribution in [2.45, 2.75) is 6.92 Å². The second kappa shape index (κ2) is 21.4. The summed E-state index contributed by atoms with van der Waals surface area (Å²) in [6, 6.07) is 12.0. The molecule has 0 spiro atoms. The van der Waals surface area contributed by atoms with Gasteiger partial charge in [-0.3, -0.25) is 4.79 Å². The SMILES string of the molecule is CCOC=O.NC(O)=S.NC(O)=S.c1ccccc1. The van der Waals surface area contributed by atoms with Crippen LogP contribution in [0.4, 0.5) is 0 Å². The van der Waals surface area contributed by atoms with Crippen molar-refractivity contribution in [1.29, 1.82) is 0 Å². The van der Waals surface area contributed by atoms with Gasteiger partial charge < -0.3 is 26.4 Å². The Bertz CT molecular complexity index is 277. The van der Waals surface area contributed by atoms with Crippen LogP contribution in [0.15, 0.2) is 36.4 Å². The Hall–Kier alpha value is -1.93. The third-order valence-electron chi connectivity index (χ3n) is 0.901. The van der Waals surface area contributed by atoms with Gasteiger partial charge in [0.2, 0.25) is 0 Å². The topological polar surface area (TPSA) is 119 Å². The molecule has 0 atom stereocenters. The van der Waals surface area contributed by atoms with E-state index in [2.05, 4.69) is 40.6 Å². The molecule has 0 heterocycles. The molecule has 0 aliphatic rings. The molecular formula is C11H18N2O4S2. The van der Waals surface area contributed by atoms with Crippen molar-refractivity contribution in [3.8, 4) is 0 Å². The highest BCUT2D eigenvalue weighted by molar-refractivity contribution is 7.80. The highest BCUT2D eigenvalue weighted by atomic mass is 32.1. The molecule has 8 heteroatoms. The van der Waals surface area contributed by atoms with E-state index in [-0.39, 0.29) is 0 Å². The first-order valence-corrected chi connectivity index (χ1v) is 5.72. The minimum Gasteiger partial charge on any atom is -0.487 e. The molecule has 108 valence electrons. The van der Waals surface area contributed by atoms with Crippen LogP contribution in [0.1, 0.15) is 6.92 Å². The van der Waals surface area contributed by atoms with E-state index in [1.54, 1.807) is 6.92 Å². The summed E-state index contributed by atoms with van der Waals surface area (Å²) in [5.74, 6) is 0. The van der Waals surface area contributed by atoms with E-state index in [1.165, 1.54) is 0 Å². The number of thiocarbonyl (C=S) groups is 2. The monoisotopic (exact) mass is 306 g/mol. The normalized spacial score (nSPS) is 6.79. The lowest BCUT2D eigenvalue weighted by atomic mass is 10.4. The number of hydrogen-bond acceptors (Lipinski definition) is 4. The number of ether oxygens (including phenoxy) is 1. The fourth-order valence-electron chi connectivity index (χ4n) is 0.453. The molecule has 1 aromatic carbocycles. The Morgan fingerprint density at radius 2 is 1.26 bits per heavy atom. The Morgan fingerprint density at radius 3 is 1.32 bits per heavy atom. The zero-order chi connectivity index (χ0) is 15.5. The van der Waals surface area contributed by atoms with Gasteiger partial charge in [0.05, 0.1) is 6.61 Å². The van der Waals surface area contributed by atoms with Gasteiger partial charge in [0.25, 0.3) is 16.8 Å². The molecule has 19 heavy (non-hydrogen) atoms. The average Bonchev–Trinajstić information content (AvgIpc) is 2.31.